The first-order valence-electron chi connectivity index (χ1n) is 5.74. The average Bonchev–Trinajstić information content (AvgIpc) is 2.43. The van der Waals surface area contributed by atoms with Gasteiger partial charge in [0.05, 0.1) is 10.6 Å². The van der Waals surface area contributed by atoms with Gasteiger partial charge in [0.15, 0.2) is 0 Å². The third-order valence-corrected chi connectivity index (χ3v) is 2.84. The van der Waals surface area contributed by atoms with Gasteiger partial charge in [-0.15, -0.1) is 0 Å². The van der Waals surface area contributed by atoms with Crippen molar-refractivity contribution in [3.63, 3.8) is 0 Å². The van der Waals surface area contributed by atoms with Gasteiger partial charge in [0.25, 0.3) is 5.69 Å². The summed E-state index contributed by atoms with van der Waals surface area (Å²) in [4.78, 5) is 21.8. The molecule has 0 unspecified atom stereocenters. The van der Waals surface area contributed by atoms with Crippen molar-refractivity contribution < 1.29 is 14.1 Å². The molecule has 0 radical (unpaired) electrons. The zero-order valence-corrected chi connectivity index (χ0v) is 11.2. The van der Waals surface area contributed by atoms with E-state index in [-0.39, 0.29) is 22.1 Å². The first-order valence-corrected chi connectivity index (χ1v) is 6.11. The van der Waals surface area contributed by atoms with Gasteiger partial charge in [-0.05, 0) is 24.3 Å². The minimum Gasteiger partial charge on any atom is -0.307 e. The van der Waals surface area contributed by atoms with Gasteiger partial charge in [-0.25, -0.2) is 9.18 Å². The van der Waals surface area contributed by atoms with Crippen LogP contribution in [0.25, 0.3) is 0 Å². The fourth-order valence-corrected chi connectivity index (χ4v) is 1.76. The zero-order valence-electron chi connectivity index (χ0n) is 10.5. The summed E-state index contributed by atoms with van der Waals surface area (Å²) in [5.41, 5.74) is -0.168. The van der Waals surface area contributed by atoms with Gasteiger partial charge in [-0.1, -0.05) is 23.7 Å². The predicted molar refractivity (Wildman–Crippen MR) is 77.1 cm³/mol. The van der Waals surface area contributed by atoms with Crippen LogP contribution in [0.4, 0.5) is 26.2 Å². The van der Waals surface area contributed by atoms with E-state index in [1.807, 2.05) is 0 Å². The lowest BCUT2D eigenvalue weighted by Gasteiger charge is -2.08. The number of benzene rings is 2. The molecular formula is C13H9ClFN3O3. The van der Waals surface area contributed by atoms with Crippen LogP contribution in [0.1, 0.15) is 0 Å². The molecule has 0 atom stereocenters. The number of nitrogens with one attached hydrogen (secondary N) is 2. The standard InChI is InChI=1S/C13H9ClFN3O3/c14-9-6-5-8(7-12(9)18(20)21)16-13(19)17-11-4-2-1-3-10(11)15/h1-7H,(H2,16,17,19). The van der Waals surface area contributed by atoms with Crippen molar-refractivity contribution >= 4 is 34.7 Å². The molecule has 0 saturated heterocycles. The van der Waals surface area contributed by atoms with E-state index in [0.717, 1.165) is 6.07 Å². The number of rotatable bonds is 3. The Hall–Kier alpha value is -2.67. The van der Waals surface area contributed by atoms with Crippen LogP contribution in [-0.2, 0) is 0 Å². The molecule has 2 rings (SSSR count). The van der Waals surface area contributed by atoms with Crippen molar-refractivity contribution in [1.29, 1.82) is 0 Å². The van der Waals surface area contributed by atoms with Crippen LogP contribution in [0.3, 0.4) is 0 Å². The highest BCUT2D eigenvalue weighted by atomic mass is 35.5. The number of nitrogens with zero attached hydrogens (tertiary/aromatic N) is 1. The molecule has 0 saturated carbocycles. The van der Waals surface area contributed by atoms with Crippen LogP contribution < -0.4 is 10.6 Å². The lowest BCUT2D eigenvalue weighted by Crippen LogP contribution is -2.20. The highest BCUT2D eigenvalue weighted by Gasteiger charge is 2.14. The van der Waals surface area contributed by atoms with Crippen LogP contribution in [0.5, 0.6) is 0 Å². The summed E-state index contributed by atoms with van der Waals surface area (Å²) in [6.45, 7) is 0. The van der Waals surface area contributed by atoms with Gasteiger partial charge in [0, 0.05) is 11.8 Å². The summed E-state index contributed by atoms with van der Waals surface area (Å²) < 4.78 is 13.4. The fourth-order valence-electron chi connectivity index (χ4n) is 1.58. The lowest BCUT2D eigenvalue weighted by atomic mass is 10.3. The van der Waals surface area contributed by atoms with E-state index in [0.29, 0.717) is 0 Å². The first kappa shape index (κ1) is 14.7. The third-order valence-electron chi connectivity index (χ3n) is 2.52. The Bertz CT molecular complexity index is 709. The largest absolute Gasteiger partial charge is 0.323 e. The molecule has 0 aliphatic rings. The quantitative estimate of drug-likeness (QED) is 0.663. The van der Waals surface area contributed by atoms with Gasteiger partial charge >= 0.3 is 6.03 Å². The Morgan fingerprint density at radius 2 is 1.90 bits per heavy atom. The summed E-state index contributed by atoms with van der Waals surface area (Å²) in [5.74, 6) is -0.588. The molecule has 0 aromatic heterocycles. The van der Waals surface area contributed by atoms with E-state index in [1.165, 1.54) is 30.3 Å². The molecule has 0 aliphatic carbocycles. The molecule has 2 amide bonds. The van der Waals surface area contributed by atoms with Gasteiger partial charge in [-0.2, -0.15) is 0 Å². The van der Waals surface area contributed by atoms with E-state index in [9.17, 15) is 19.3 Å². The molecule has 108 valence electrons. The van der Waals surface area contributed by atoms with Crippen LogP contribution in [0, 0.1) is 15.9 Å². The first-order chi connectivity index (χ1) is 9.97. The van der Waals surface area contributed by atoms with Gasteiger partial charge in [0.2, 0.25) is 0 Å². The maximum atomic E-state index is 13.4. The number of nitro benzene ring substituents is 1. The summed E-state index contributed by atoms with van der Waals surface area (Å²) in [5, 5.41) is 15.4. The molecule has 21 heavy (non-hydrogen) atoms. The Morgan fingerprint density at radius 1 is 1.19 bits per heavy atom. The second-order valence-corrected chi connectivity index (χ2v) is 4.39. The number of hydrogen-bond acceptors (Lipinski definition) is 3. The number of hydrogen-bond donors (Lipinski definition) is 2. The minimum atomic E-state index is -0.725. The second-order valence-electron chi connectivity index (χ2n) is 3.98. The number of urea groups is 1. The molecular weight excluding hydrogens is 301 g/mol. The minimum absolute atomic E-state index is 0.00142. The number of halogens is 2. The third kappa shape index (κ3) is 3.67. The molecule has 2 aromatic rings. The molecule has 0 bridgehead atoms. The maximum absolute atomic E-state index is 13.4. The zero-order chi connectivity index (χ0) is 15.4. The highest BCUT2D eigenvalue weighted by Crippen LogP contribution is 2.27. The number of anilines is 2. The fraction of sp³-hybridized carbons (Fsp3) is 0. The summed E-state index contributed by atoms with van der Waals surface area (Å²) >= 11 is 5.66. The number of carbonyl (C=O) groups excluding carboxylic acids is 1. The molecule has 0 aliphatic heterocycles. The Kier molecular flexibility index (Phi) is 4.34. The van der Waals surface area contributed by atoms with E-state index >= 15 is 0 Å². The van der Waals surface area contributed by atoms with Crippen LogP contribution in [0.2, 0.25) is 5.02 Å². The van der Waals surface area contributed by atoms with Crippen LogP contribution in [0.15, 0.2) is 42.5 Å². The van der Waals surface area contributed by atoms with Crippen molar-refractivity contribution in [3.05, 3.63) is 63.4 Å². The van der Waals surface area contributed by atoms with Crippen molar-refractivity contribution in [2.75, 3.05) is 10.6 Å². The van der Waals surface area contributed by atoms with E-state index in [2.05, 4.69) is 10.6 Å². The van der Waals surface area contributed by atoms with E-state index < -0.39 is 16.8 Å². The molecule has 0 spiro atoms. The Morgan fingerprint density at radius 3 is 2.57 bits per heavy atom. The van der Waals surface area contributed by atoms with Gasteiger partial charge in [0.1, 0.15) is 10.8 Å². The van der Waals surface area contributed by atoms with E-state index in [1.54, 1.807) is 6.07 Å². The molecule has 0 heterocycles. The van der Waals surface area contributed by atoms with Crippen molar-refractivity contribution in [2.24, 2.45) is 0 Å². The predicted octanol–water partition coefficient (Wildman–Crippen LogP) is 4.03. The topological polar surface area (TPSA) is 84.3 Å². The molecule has 0 fully saturated rings. The van der Waals surface area contributed by atoms with Crippen LogP contribution >= 0.6 is 11.6 Å². The SMILES string of the molecule is O=C(Nc1ccc(Cl)c([N+](=O)[O-])c1)Nc1ccccc1F. The molecule has 2 aromatic carbocycles. The number of para-hydroxylation sites is 1. The van der Waals surface area contributed by atoms with Crippen LogP contribution in [-0.4, -0.2) is 11.0 Å². The van der Waals surface area contributed by atoms with Gasteiger partial charge < -0.3 is 10.6 Å². The van der Waals surface area contributed by atoms with Crippen molar-refractivity contribution in [3.8, 4) is 0 Å². The average molecular weight is 310 g/mol. The smallest absolute Gasteiger partial charge is 0.307 e. The Balaban J connectivity index is 2.12. The summed E-state index contributed by atoms with van der Waals surface area (Å²) in [6.07, 6.45) is 0. The Labute approximate surface area is 123 Å². The molecule has 6 nitrogen and oxygen atoms in total. The maximum Gasteiger partial charge on any atom is 0.323 e. The molecule has 2 N–H and O–H groups in total. The number of amides is 2. The summed E-state index contributed by atoms with van der Waals surface area (Å²) in [7, 11) is 0. The monoisotopic (exact) mass is 309 g/mol. The summed E-state index contributed by atoms with van der Waals surface area (Å²) in [6, 6.07) is 8.71. The normalized spacial score (nSPS) is 10.0. The lowest BCUT2D eigenvalue weighted by molar-refractivity contribution is -0.384. The second kappa shape index (κ2) is 6.19. The highest BCUT2D eigenvalue weighted by molar-refractivity contribution is 6.32. The number of carbonyl (C=O) groups is 1. The molecule has 8 heteroatoms. The van der Waals surface area contributed by atoms with Crippen molar-refractivity contribution in [2.45, 2.75) is 0 Å². The van der Waals surface area contributed by atoms with Gasteiger partial charge in [-0.3, -0.25) is 10.1 Å². The van der Waals surface area contributed by atoms with Crippen molar-refractivity contribution in [1.82, 2.24) is 0 Å². The van der Waals surface area contributed by atoms with E-state index in [4.69, 9.17) is 11.6 Å². The number of nitro groups is 1.